The van der Waals surface area contributed by atoms with Crippen molar-refractivity contribution in [1.82, 2.24) is 19.8 Å². The summed E-state index contributed by atoms with van der Waals surface area (Å²) < 4.78 is 3.95. The summed E-state index contributed by atoms with van der Waals surface area (Å²) >= 11 is 1.59. The maximum atomic E-state index is 4.40. The maximum Gasteiger partial charge on any atom is 0.240 e. The molecule has 0 bridgehead atoms. The van der Waals surface area contributed by atoms with Crippen LogP contribution in [0.5, 0.6) is 0 Å². The van der Waals surface area contributed by atoms with Crippen LogP contribution in [0.25, 0.3) is 5.52 Å². The Morgan fingerprint density at radius 3 is 2.94 bits per heavy atom. The second kappa shape index (κ2) is 3.41. The van der Waals surface area contributed by atoms with Crippen LogP contribution in [0.2, 0.25) is 0 Å². The number of rotatable bonds is 1. The van der Waals surface area contributed by atoms with Crippen LogP contribution >= 0.6 is 11.9 Å². The van der Waals surface area contributed by atoms with Crippen LogP contribution in [0.1, 0.15) is 12.6 Å². The van der Waals surface area contributed by atoms with E-state index in [0.717, 1.165) is 22.9 Å². The summed E-state index contributed by atoms with van der Waals surface area (Å²) in [4.78, 5) is 8.65. The summed E-state index contributed by atoms with van der Waals surface area (Å²) in [6.07, 6.45) is 5.54. The minimum absolute atomic E-state index is 0.860. The van der Waals surface area contributed by atoms with E-state index in [9.17, 15) is 0 Å². The van der Waals surface area contributed by atoms with E-state index in [2.05, 4.69) is 20.8 Å². The average molecular weight is 233 g/mol. The highest BCUT2D eigenvalue weighted by Crippen LogP contribution is 2.26. The van der Waals surface area contributed by atoms with Crippen LogP contribution in [-0.4, -0.2) is 14.4 Å². The third kappa shape index (κ3) is 1.34. The van der Waals surface area contributed by atoms with E-state index in [-0.39, 0.29) is 0 Å². The summed E-state index contributed by atoms with van der Waals surface area (Å²) in [5, 5.41) is 2.05. The van der Waals surface area contributed by atoms with Gasteiger partial charge in [-0.1, -0.05) is 0 Å². The van der Waals surface area contributed by atoms with E-state index in [1.807, 2.05) is 35.1 Å². The lowest BCUT2D eigenvalue weighted by Crippen LogP contribution is -2.27. The molecule has 0 saturated carbocycles. The zero-order chi connectivity index (χ0) is 11.1. The molecule has 1 N–H and O–H groups in total. The summed E-state index contributed by atoms with van der Waals surface area (Å²) in [7, 11) is 0. The van der Waals surface area contributed by atoms with Crippen LogP contribution in [-0.2, 0) is 0 Å². The van der Waals surface area contributed by atoms with Gasteiger partial charge in [0.2, 0.25) is 5.95 Å². The largest absolute Gasteiger partial charge is 0.289 e. The molecular weight excluding hydrogens is 222 g/mol. The number of fused-ring (bicyclic) bond motifs is 1. The van der Waals surface area contributed by atoms with Crippen LogP contribution in [0.15, 0.2) is 29.7 Å². The fourth-order valence-electron chi connectivity index (χ4n) is 1.64. The van der Waals surface area contributed by atoms with Gasteiger partial charge in [-0.05, 0) is 13.8 Å². The van der Waals surface area contributed by atoms with E-state index in [4.69, 9.17) is 0 Å². The number of anilines is 1. The number of imidazole rings is 1. The number of nitrogens with one attached hydrogen (secondary N) is 1. The fourth-order valence-corrected chi connectivity index (χ4v) is 2.38. The van der Waals surface area contributed by atoms with Gasteiger partial charge < -0.3 is 0 Å². The zero-order valence-corrected chi connectivity index (χ0v) is 9.82. The van der Waals surface area contributed by atoms with Gasteiger partial charge in [-0.2, -0.15) is 4.41 Å². The molecule has 0 fully saturated rings. The number of nitrogens with zero attached hydrogens (tertiary/aromatic N) is 4. The molecule has 1 aliphatic heterocycles. The highest BCUT2D eigenvalue weighted by Gasteiger charge is 2.17. The van der Waals surface area contributed by atoms with Crippen LogP contribution in [0.3, 0.4) is 0 Å². The van der Waals surface area contributed by atoms with Gasteiger partial charge in [0, 0.05) is 35.4 Å². The van der Waals surface area contributed by atoms with Crippen LogP contribution in [0.4, 0.5) is 5.95 Å². The van der Waals surface area contributed by atoms with Crippen molar-refractivity contribution in [1.29, 1.82) is 0 Å². The molecule has 0 atom stereocenters. The summed E-state index contributed by atoms with van der Waals surface area (Å²) in [6.45, 7) is 4.00. The third-order valence-electron chi connectivity index (χ3n) is 2.43. The Morgan fingerprint density at radius 1 is 1.31 bits per heavy atom. The number of aromatic nitrogens is 3. The predicted octanol–water partition coefficient (Wildman–Crippen LogP) is 1.87. The smallest absolute Gasteiger partial charge is 0.240 e. The zero-order valence-electron chi connectivity index (χ0n) is 9.01. The van der Waals surface area contributed by atoms with E-state index in [1.165, 1.54) is 0 Å². The Hall–Kier alpha value is -1.69. The molecule has 2 aromatic heterocycles. The van der Waals surface area contributed by atoms with Gasteiger partial charge in [0.05, 0.1) is 17.4 Å². The molecule has 0 radical (unpaired) electrons. The van der Waals surface area contributed by atoms with Crippen molar-refractivity contribution >= 4 is 23.4 Å². The van der Waals surface area contributed by atoms with Crippen molar-refractivity contribution in [3.05, 3.63) is 35.4 Å². The van der Waals surface area contributed by atoms with E-state index < -0.39 is 0 Å². The molecule has 0 amide bonds. The molecule has 0 spiro atoms. The quantitative estimate of drug-likeness (QED) is 0.762. The Balaban J connectivity index is 2.09. The molecule has 1 aliphatic rings. The lowest BCUT2D eigenvalue weighted by atomic mass is 10.4. The first-order chi connectivity index (χ1) is 7.75. The summed E-state index contributed by atoms with van der Waals surface area (Å²) in [5.41, 5.74) is 6.35. The lowest BCUT2D eigenvalue weighted by molar-refractivity contribution is 0.864. The van der Waals surface area contributed by atoms with Crippen molar-refractivity contribution in [2.24, 2.45) is 0 Å². The molecular formula is C10H11N5S. The topological polar surface area (TPSA) is 45.5 Å². The van der Waals surface area contributed by atoms with Crippen molar-refractivity contribution in [2.45, 2.75) is 13.8 Å². The second-order valence-electron chi connectivity index (χ2n) is 3.64. The van der Waals surface area contributed by atoms with Crippen molar-refractivity contribution < 1.29 is 0 Å². The monoisotopic (exact) mass is 233 g/mol. The standard InChI is InChI=1S/C10H11N5S/c1-7-6-16-15(13-7)10-12-5-9-8(2)11-3-4-14(9)10/h3-6,13H,1-2H3. The molecule has 0 saturated heterocycles. The molecule has 82 valence electrons. The Labute approximate surface area is 97.3 Å². The highest BCUT2D eigenvalue weighted by molar-refractivity contribution is 8.03. The van der Waals surface area contributed by atoms with Gasteiger partial charge >= 0.3 is 0 Å². The molecule has 16 heavy (non-hydrogen) atoms. The van der Waals surface area contributed by atoms with Crippen molar-refractivity contribution in [2.75, 3.05) is 4.41 Å². The van der Waals surface area contributed by atoms with E-state index in [1.54, 1.807) is 18.1 Å². The number of aryl methyl sites for hydroxylation is 1. The second-order valence-corrected chi connectivity index (χ2v) is 4.45. The fraction of sp³-hybridized carbons (Fsp3) is 0.200. The first-order valence-corrected chi connectivity index (χ1v) is 5.78. The third-order valence-corrected chi connectivity index (χ3v) is 3.35. The molecule has 3 heterocycles. The van der Waals surface area contributed by atoms with E-state index in [0.29, 0.717) is 0 Å². The molecule has 0 aromatic carbocycles. The summed E-state index contributed by atoms with van der Waals surface area (Å²) in [6, 6.07) is 0. The van der Waals surface area contributed by atoms with Gasteiger partial charge in [-0.25, -0.2) is 4.98 Å². The predicted molar refractivity (Wildman–Crippen MR) is 64.7 cm³/mol. The van der Waals surface area contributed by atoms with Gasteiger partial charge in [0.15, 0.2) is 0 Å². The van der Waals surface area contributed by atoms with Gasteiger partial charge in [-0.3, -0.25) is 14.8 Å². The number of hydrogen-bond donors (Lipinski definition) is 1. The van der Waals surface area contributed by atoms with Gasteiger partial charge in [0.1, 0.15) is 0 Å². The number of hydrazine groups is 1. The Bertz CT molecular complexity index is 574. The van der Waals surface area contributed by atoms with Crippen LogP contribution in [0, 0.1) is 6.92 Å². The average Bonchev–Trinajstić information content (AvgIpc) is 2.84. The molecule has 2 aromatic rings. The first-order valence-electron chi connectivity index (χ1n) is 4.95. The Kier molecular flexibility index (Phi) is 2.03. The van der Waals surface area contributed by atoms with Gasteiger partial charge in [-0.15, -0.1) is 0 Å². The molecule has 0 unspecified atom stereocenters. The normalized spacial score (nSPS) is 15.4. The lowest BCUT2D eigenvalue weighted by Gasteiger charge is -2.15. The number of hydrogen-bond acceptors (Lipinski definition) is 5. The van der Waals surface area contributed by atoms with Crippen LogP contribution < -0.4 is 9.84 Å². The van der Waals surface area contributed by atoms with Crippen molar-refractivity contribution in [3.63, 3.8) is 0 Å². The number of allylic oxidation sites excluding steroid dienone is 1. The molecule has 0 aliphatic carbocycles. The Morgan fingerprint density at radius 2 is 2.19 bits per heavy atom. The van der Waals surface area contributed by atoms with Crippen molar-refractivity contribution in [3.8, 4) is 0 Å². The SMILES string of the molecule is CC1=CSN(c2ncc3c(C)nccn23)N1. The first kappa shape index (κ1) is 9.53. The maximum absolute atomic E-state index is 4.40. The molecule has 6 heteroatoms. The van der Waals surface area contributed by atoms with E-state index >= 15 is 0 Å². The summed E-state index contributed by atoms with van der Waals surface area (Å²) in [5.74, 6) is 0.860. The molecule has 3 rings (SSSR count). The highest BCUT2D eigenvalue weighted by atomic mass is 32.2. The minimum atomic E-state index is 0.860. The van der Waals surface area contributed by atoms with Gasteiger partial charge in [0.25, 0.3) is 0 Å². The molecule has 5 nitrogen and oxygen atoms in total. The minimum Gasteiger partial charge on any atom is -0.289 e.